The third-order valence-corrected chi connectivity index (χ3v) is 8.90. The average molecular weight is 621 g/mol. The van der Waals surface area contributed by atoms with Crippen molar-refractivity contribution in [1.29, 1.82) is 0 Å². The predicted molar refractivity (Wildman–Crippen MR) is 163 cm³/mol. The summed E-state index contributed by atoms with van der Waals surface area (Å²) in [6.45, 7) is 7.60. The summed E-state index contributed by atoms with van der Waals surface area (Å²) in [5.41, 5.74) is 1.81. The molecule has 11 heteroatoms. The first-order chi connectivity index (χ1) is 19.5. The predicted octanol–water partition coefficient (Wildman–Crippen LogP) is 5.84. The van der Waals surface area contributed by atoms with E-state index in [1.54, 1.807) is 61.5 Å². The zero-order chi connectivity index (χ0) is 30.2. The quantitative estimate of drug-likeness (QED) is 0.259. The standard InChI is InChI=1S/C30H35Cl2N3O5S/c1-5-17-33-30(37)22(4)34(19-23-9-16-27(31)28(32)18-23)29(36)20-35(24-10-12-25(13-11-24)40-6-2)41(38,39)26-14-7-21(3)8-15-26/h7-16,18,22H,5-6,17,19-20H2,1-4H3,(H,33,37)/t22-/m0/s1. The van der Waals surface area contributed by atoms with E-state index >= 15 is 0 Å². The van der Waals surface area contributed by atoms with Gasteiger partial charge < -0.3 is 15.0 Å². The Morgan fingerprint density at radius 2 is 1.61 bits per heavy atom. The van der Waals surface area contributed by atoms with E-state index in [0.29, 0.717) is 34.5 Å². The number of anilines is 1. The van der Waals surface area contributed by atoms with Crippen molar-refractivity contribution in [2.45, 2.75) is 51.6 Å². The van der Waals surface area contributed by atoms with Crippen LogP contribution in [0.1, 0.15) is 38.3 Å². The van der Waals surface area contributed by atoms with Gasteiger partial charge >= 0.3 is 0 Å². The molecule has 0 radical (unpaired) electrons. The van der Waals surface area contributed by atoms with E-state index in [-0.39, 0.29) is 23.0 Å². The molecule has 0 aliphatic heterocycles. The van der Waals surface area contributed by atoms with E-state index in [9.17, 15) is 18.0 Å². The van der Waals surface area contributed by atoms with Gasteiger partial charge in [-0.2, -0.15) is 0 Å². The molecule has 0 aliphatic carbocycles. The summed E-state index contributed by atoms with van der Waals surface area (Å²) in [5, 5.41) is 3.47. The molecule has 0 saturated heterocycles. The minimum Gasteiger partial charge on any atom is -0.494 e. The molecule has 0 aromatic heterocycles. The number of carbonyl (C=O) groups excluding carboxylic acids is 2. The Morgan fingerprint density at radius 1 is 0.951 bits per heavy atom. The van der Waals surface area contributed by atoms with Crippen LogP contribution in [0.15, 0.2) is 71.6 Å². The maximum absolute atomic E-state index is 14.0. The molecule has 220 valence electrons. The molecule has 3 rings (SSSR count). The first kappa shape index (κ1) is 32.2. The van der Waals surface area contributed by atoms with Crippen molar-refractivity contribution >= 4 is 50.7 Å². The fraction of sp³-hybridized carbons (Fsp3) is 0.333. The third kappa shape index (κ3) is 8.38. The molecule has 1 atom stereocenters. The summed E-state index contributed by atoms with van der Waals surface area (Å²) in [6, 6.07) is 16.9. The second-order valence-corrected chi connectivity index (χ2v) is 12.2. The van der Waals surface area contributed by atoms with Crippen molar-refractivity contribution in [2.75, 3.05) is 24.0 Å². The minimum atomic E-state index is -4.16. The Balaban J connectivity index is 2.03. The van der Waals surface area contributed by atoms with Gasteiger partial charge in [-0.15, -0.1) is 0 Å². The number of amides is 2. The molecular weight excluding hydrogens is 585 g/mol. The molecule has 0 heterocycles. The number of nitrogens with one attached hydrogen (secondary N) is 1. The number of hydrogen-bond donors (Lipinski definition) is 1. The Hall–Kier alpha value is -3.27. The van der Waals surface area contributed by atoms with Crippen molar-refractivity contribution in [1.82, 2.24) is 10.2 Å². The summed E-state index contributed by atoms with van der Waals surface area (Å²) in [7, 11) is -4.16. The molecule has 0 saturated carbocycles. The average Bonchev–Trinajstić information content (AvgIpc) is 2.95. The van der Waals surface area contributed by atoms with E-state index in [4.69, 9.17) is 27.9 Å². The first-order valence-electron chi connectivity index (χ1n) is 13.3. The molecule has 8 nitrogen and oxygen atoms in total. The molecule has 0 fully saturated rings. The molecular formula is C30H35Cl2N3O5S. The van der Waals surface area contributed by atoms with Crippen molar-refractivity contribution in [3.8, 4) is 5.75 Å². The zero-order valence-electron chi connectivity index (χ0n) is 23.6. The number of sulfonamides is 1. The van der Waals surface area contributed by atoms with Crippen LogP contribution in [0.2, 0.25) is 10.0 Å². The number of benzene rings is 3. The van der Waals surface area contributed by atoms with Gasteiger partial charge in [0.15, 0.2) is 0 Å². The summed E-state index contributed by atoms with van der Waals surface area (Å²) in [4.78, 5) is 28.3. The number of carbonyl (C=O) groups is 2. The lowest BCUT2D eigenvalue weighted by Gasteiger charge is -2.32. The largest absolute Gasteiger partial charge is 0.494 e. The van der Waals surface area contributed by atoms with E-state index in [0.717, 1.165) is 16.3 Å². The fourth-order valence-electron chi connectivity index (χ4n) is 4.05. The van der Waals surface area contributed by atoms with Gasteiger partial charge in [0.2, 0.25) is 11.8 Å². The Bertz CT molecular complexity index is 1450. The van der Waals surface area contributed by atoms with Crippen molar-refractivity contribution in [3.63, 3.8) is 0 Å². The number of hydrogen-bond acceptors (Lipinski definition) is 5. The van der Waals surface area contributed by atoms with Gasteiger partial charge in [0, 0.05) is 13.1 Å². The van der Waals surface area contributed by atoms with Crippen LogP contribution in [0, 0.1) is 6.92 Å². The summed E-state index contributed by atoms with van der Waals surface area (Å²) in [5.74, 6) is -0.355. The van der Waals surface area contributed by atoms with Crippen molar-refractivity contribution in [3.05, 3.63) is 87.9 Å². The summed E-state index contributed by atoms with van der Waals surface area (Å²) < 4.78 is 34.4. The molecule has 3 aromatic carbocycles. The van der Waals surface area contributed by atoms with Crippen molar-refractivity contribution < 1.29 is 22.7 Å². The van der Waals surface area contributed by atoms with Gasteiger partial charge in [0.1, 0.15) is 18.3 Å². The van der Waals surface area contributed by atoms with E-state index < -0.39 is 28.5 Å². The van der Waals surface area contributed by atoms with E-state index in [1.165, 1.54) is 17.0 Å². The normalized spacial score (nSPS) is 12.0. The molecule has 3 aromatic rings. The Labute approximate surface area is 252 Å². The van der Waals surface area contributed by atoms with Gasteiger partial charge in [-0.3, -0.25) is 13.9 Å². The maximum Gasteiger partial charge on any atom is 0.264 e. The number of nitrogens with zero attached hydrogens (tertiary/aromatic N) is 2. The highest BCUT2D eigenvalue weighted by Gasteiger charge is 2.32. The second kappa shape index (κ2) is 14.6. The van der Waals surface area contributed by atoms with Gasteiger partial charge in [-0.05, 0) is 81.3 Å². The van der Waals surface area contributed by atoms with E-state index in [1.807, 2.05) is 20.8 Å². The molecule has 1 N–H and O–H groups in total. The van der Waals surface area contributed by atoms with Crippen LogP contribution < -0.4 is 14.4 Å². The van der Waals surface area contributed by atoms with Crippen LogP contribution in [0.25, 0.3) is 0 Å². The molecule has 2 amide bonds. The maximum atomic E-state index is 14.0. The lowest BCUT2D eigenvalue weighted by molar-refractivity contribution is -0.139. The smallest absolute Gasteiger partial charge is 0.264 e. The lowest BCUT2D eigenvalue weighted by atomic mass is 10.1. The third-order valence-electron chi connectivity index (χ3n) is 6.38. The molecule has 0 spiro atoms. The lowest BCUT2D eigenvalue weighted by Crippen LogP contribution is -2.51. The van der Waals surface area contributed by atoms with Crippen LogP contribution in [0.3, 0.4) is 0 Å². The minimum absolute atomic E-state index is 0.0120. The van der Waals surface area contributed by atoms with Gasteiger partial charge in [-0.25, -0.2) is 8.42 Å². The fourth-order valence-corrected chi connectivity index (χ4v) is 5.79. The first-order valence-corrected chi connectivity index (χ1v) is 15.5. The Kier molecular flexibility index (Phi) is 11.5. The van der Waals surface area contributed by atoms with Crippen LogP contribution >= 0.6 is 23.2 Å². The van der Waals surface area contributed by atoms with Crippen molar-refractivity contribution in [2.24, 2.45) is 0 Å². The number of aryl methyl sites for hydroxylation is 1. The number of ether oxygens (including phenoxy) is 1. The van der Waals surface area contributed by atoms with Gasteiger partial charge in [0.05, 0.1) is 27.2 Å². The highest BCUT2D eigenvalue weighted by atomic mass is 35.5. The highest BCUT2D eigenvalue weighted by molar-refractivity contribution is 7.92. The topological polar surface area (TPSA) is 96.0 Å². The van der Waals surface area contributed by atoms with Gasteiger partial charge in [0.25, 0.3) is 10.0 Å². The monoisotopic (exact) mass is 619 g/mol. The van der Waals surface area contributed by atoms with Crippen LogP contribution in [-0.4, -0.2) is 50.9 Å². The molecule has 0 unspecified atom stereocenters. The highest BCUT2D eigenvalue weighted by Crippen LogP contribution is 2.28. The molecule has 0 bridgehead atoms. The van der Waals surface area contributed by atoms with Gasteiger partial charge in [-0.1, -0.05) is 53.9 Å². The van der Waals surface area contributed by atoms with Crippen LogP contribution in [-0.2, 0) is 26.2 Å². The summed E-state index contributed by atoms with van der Waals surface area (Å²) >= 11 is 12.3. The number of halogens is 2. The Morgan fingerprint density at radius 3 is 2.20 bits per heavy atom. The van der Waals surface area contributed by atoms with E-state index in [2.05, 4.69) is 5.32 Å². The number of rotatable bonds is 13. The second-order valence-electron chi connectivity index (χ2n) is 9.49. The summed E-state index contributed by atoms with van der Waals surface area (Å²) in [6.07, 6.45) is 0.722. The molecule has 0 aliphatic rings. The zero-order valence-corrected chi connectivity index (χ0v) is 25.9. The SMILES string of the molecule is CCCNC(=O)[C@H](C)N(Cc1ccc(Cl)c(Cl)c1)C(=O)CN(c1ccc(OCC)cc1)S(=O)(=O)c1ccc(C)cc1. The van der Waals surface area contributed by atoms with Crippen LogP contribution in [0.4, 0.5) is 5.69 Å². The van der Waals surface area contributed by atoms with Crippen LogP contribution in [0.5, 0.6) is 5.75 Å². The molecule has 41 heavy (non-hydrogen) atoms.